The van der Waals surface area contributed by atoms with Gasteiger partial charge in [-0.1, -0.05) is 27.2 Å². The van der Waals surface area contributed by atoms with Crippen molar-refractivity contribution in [2.24, 2.45) is 5.92 Å². The molecule has 1 fully saturated rings. The molecule has 0 spiro atoms. The molecular weight excluding hydrogens is 430 g/mol. The van der Waals surface area contributed by atoms with Gasteiger partial charge in [0, 0.05) is 26.4 Å². The lowest BCUT2D eigenvalue weighted by atomic mass is 10.1. The quantitative estimate of drug-likeness (QED) is 0.221. The maximum Gasteiger partial charge on any atom is 0.302 e. The van der Waals surface area contributed by atoms with E-state index in [0.717, 1.165) is 25.9 Å². The van der Waals surface area contributed by atoms with Crippen LogP contribution in [0.2, 0.25) is 0 Å². The zero-order valence-electron chi connectivity index (χ0n) is 20.7. The molecule has 0 aromatic rings. The van der Waals surface area contributed by atoms with Gasteiger partial charge in [-0.3, -0.25) is 14.4 Å². The van der Waals surface area contributed by atoms with Gasteiger partial charge in [-0.15, -0.1) is 0 Å². The lowest BCUT2D eigenvalue weighted by Gasteiger charge is -2.24. The number of ether oxygens (including phenoxy) is 4. The van der Waals surface area contributed by atoms with E-state index in [4.69, 9.17) is 18.9 Å². The molecular formula is C23H43N3O7. The van der Waals surface area contributed by atoms with Crippen LogP contribution < -0.4 is 10.6 Å². The predicted molar refractivity (Wildman–Crippen MR) is 124 cm³/mol. The molecule has 1 heterocycles. The molecule has 0 bridgehead atoms. The lowest BCUT2D eigenvalue weighted by Crippen LogP contribution is -2.48. The number of esters is 1. The highest BCUT2D eigenvalue weighted by atomic mass is 16.5. The summed E-state index contributed by atoms with van der Waals surface area (Å²) in [7, 11) is 0. The summed E-state index contributed by atoms with van der Waals surface area (Å²) >= 11 is 0. The molecule has 0 aliphatic carbocycles. The third-order valence-electron chi connectivity index (χ3n) is 5.27. The van der Waals surface area contributed by atoms with Crippen LogP contribution >= 0.6 is 0 Å². The van der Waals surface area contributed by atoms with Crippen LogP contribution in [0.5, 0.6) is 0 Å². The van der Waals surface area contributed by atoms with Gasteiger partial charge in [0.05, 0.1) is 39.6 Å². The molecule has 2 N–H and O–H groups in total. The fraction of sp³-hybridized carbons (Fsp3) is 0.870. The van der Waals surface area contributed by atoms with Gasteiger partial charge < -0.3 is 34.5 Å². The maximum atomic E-state index is 12.7. The highest BCUT2D eigenvalue weighted by Gasteiger charge is 2.40. The topological polar surface area (TPSA) is 115 Å². The summed E-state index contributed by atoms with van der Waals surface area (Å²) in [6.07, 6.45) is 1.85. The Morgan fingerprint density at radius 1 is 1.03 bits per heavy atom. The second-order valence-electron chi connectivity index (χ2n) is 8.30. The molecule has 33 heavy (non-hydrogen) atoms. The predicted octanol–water partition coefficient (Wildman–Crippen LogP) is 0.731. The summed E-state index contributed by atoms with van der Waals surface area (Å²) in [5.74, 6) is -0.601. The van der Waals surface area contributed by atoms with Crippen molar-refractivity contribution in [3.63, 3.8) is 0 Å². The van der Waals surface area contributed by atoms with Crippen LogP contribution in [-0.4, -0.2) is 101 Å². The van der Waals surface area contributed by atoms with Crippen LogP contribution in [0.1, 0.15) is 47.0 Å². The molecule has 10 nitrogen and oxygen atoms in total. The van der Waals surface area contributed by atoms with Crippen molar-refractivity contribution in [3.8, 4) is 0 Å². The van der Waals surface area contributed by atoms with Crippen molar-refractivity contribution in [1.82, 2.24) is 15.5 Å². The summed E-state index contributed by atoms with van der Waals surface area (Å²) in [6, 6.07) is -0.671. The minimum absolute atomic E-state index is 0.161. The van der Waals surface area contributed by atoms with Crippen molar-refractivity contribution < 1.29 is 33.3 Å². The Kier molecular flexibility index (Phi) is 15.7. The molecule has 2 amide bonds. The van der Waals surface area contributed by atoms with Gasteiger partial charge in [-0.25, -0.2) is 0 Å². The third kappa shape index (κ3) is 12.9. The Labute approximate surface area is 198 Å². The molecule has 3 atom stereocenters. The smallest absolute Gasteiger partial charge is 0.302 e. The van der Waals surface area contributed by atoms with Gasteiger partial charge in [0.25, 0.3) is 0 Å². The molecule has 0 aromatic heterocycles. The van der Waals surface area contributed by atoms with Crippen molar-refractivity contribution in [3.05, 3.63) is 0 Å². The van der Waals surface area contributed by atoms with E-state index in [9.17, 15) is 14.4 Å². The van der Waals surface area contributed by atoms with E-state index >= 15 is 0 Å². The Balaban J connectivity index is 2.36. The molecule has 192 valence electrons. The van der Waals surface area contributed by atoms with Crippen LogP contribution in [0.25, 0.3) is 0 Å². The Morgan fingerprint density at radius 2 is 1.70 bits per heavy atom. The fourth-order valence-corrected chi connectivity index (χ4v) is 3.63. The van der Waals surface area contributed by atoms with Crippen LogP contribution in [-0.2, 0) is 33.3 Å². The molecule has 1 saturated heterocycles. The third-order valence-corrected chi connectivity index (χ3v) is 5.27. The first-order valence-electron chi connectivity index (χ1n) is 12.1. The second-order valence-corrected chi connectivity index (χ2v) is 8.30. The summed E-state index contributed by atoms with van der Waals surface area (Å²) in [5.41, 5.74) is 0. The first kappa shape index (κ1) is 29.3. The zero-order chi connectivity index (χ0) is 24.5. The molecule has 1 rings (SSSR count). The lowest BCUT2D eigenvalue weighted by molar-refractivity contribution is -0.147. The van der Waals surface area contributed by atoms with E-state index in [1.54, 1.807) is 0 Å². The number of hydrogen-bond donors (Lipinski definition) is 2. The number of carbonyl (C=O) groups excluding carboxylic acids is 3. The van der Waals surface area contributed by atoms with Crippen LogP contribution in [0.3, 0.4) is 0 Å². The number of likely N-dealkylation sites (N-methyl/N-ethyl adjacent to an activating group) is 1. The molecule has 1 aliphatic heterocycles. The van der Waals surface area contributed by atoms with E-state index in [-0.39, 0.29) is 38.0 Å². The number of rotatable bonds is 18. The largest absolute Gasteiger partial charge is 0.461 e. The van der Waals surface area contributed by atoms with E-state index < -0.39 is 18.1 Å². The summed E-state index contributed by atoms with van der Waals surface area (Å²) in [5, 5.41) is 6.10. The highest BCUT2D eigenvalue weighted by Crippen LogP contribution is 2.21. The molecule has 1 aliphatic rings. The highest BCUT2D eigenvalue weighted by molar-refractivity contribution is 5.89. The monoisotopic (exact) mass is 473 g/mol. The van der Waals surface area contributed by atoms with Gasteiger partial charge >= 0.3 is 5.97 Å². The number of nitrogens with zero attached hydrogens (tertiary/aromatic N) is 1. The second kappa shape index (κ2) is 17.7. The van der Waals surface area contributed by atoms with Crippen LogP contribution in [0.4, 0.5) is 0 Å². The van der Waals surface area contributed by atoms with Crippen molar-refractivity contribution >= 4 is 17.8 Å². The van der Waals surface area contributed by atoms with E-state index in [0.29, 0.717) is 38.9 Å². The SMILES string of the molecule is CCCC(C)CNC(=O)C1CC(OC(C)=O)CN1C(=O)COCCOCCOCCNCC. The number of carbonyl (C=O) groups is 3. The van der Waals surface area contributed by atoms with E-state index in [1.165, 1.54) is 11.8 Å². The number of nitrogens with one attached hydrogen (secondary N) is 2. The number of amides is 2. The zero-order valence-corrected chi connectivity index (χ0v) is 20.7. The van der Waals surface area contributed by atoms with Gasteiger partial charge in [0.15, 0.2) is 0 Å². The average molecular weight is 474 g/mol. The first-order valence-corrected chi connectivity index (χ1v) is 12.1. The molecule has 0 saturated carbocycles. The summed E-state index contributed by atoms with van der Waals surface area (Å²) < 4.78 is 21.5. The Bertz CT molecular complexity index is 576. The van der Waals surface area contributed by atoms with Gasteiger partial charge in [-0.2, -0.15) is 0 Å². The normalized spacial score (nSPS) is 18.8. The minimum Gasteiger partial charge on any atom is -0.461 e. The van der Waals surface area contributed by atoms with Crippen molar-refractivity contribution in [1.29, 1.82) is 0 Å². The Hall–Kier alpha value is -1.75. The Morgan fingerprint density at radius 3 is 2.33 bits per heavy atom. The fourth-order valence-electron chi connectivity index (χ4n) is 3.63. The van der Waals surface area contributed by atoms with Gasteiger partial charge in [0.1, 0.15) is 18.8 Å². The average Bonchev–Trinajstić information content (AvgIpc) is 3.19. The van der Waals surface area contributed by atoms with Crippen molar-refractivity contribution in [2.75, 3.05) is 65.8 Å². The van der Waals surface area contributed by atoms with E-state index in [2.05, 4.69) is 24.5 Å². The van der Waals surface area contributed by atoms with Crippen molar-refractivity contribution in [2.45, 2.75) is 59.1 Å². The maximum absolute atomic E-state index is 12.7. The summed E-state index contributed by atoms with van der Waals surface area (Å²) in [4.78, 5) is 38.2. The summed E-state index contributed by atoms with van der Waals surface area (Å²) in [6.45, 7) is 12.1. The van der Waals surface area contributed by atoms with Crippen LogP contribution in [0.15, 0.2) is 0 Å². The standard InChI is InChI=1S/C23H43N3O7/c1-5-7-18(3)15-25-23(29)21-14-20(33-19(4)27)16-26(21)22(28)17-32-13-12-31-11-10-30-9-8-24-6-2/h18,20-21,24H,5-17H2,1-4H3,(H,25,29). The number of likely N-dealkylation sites (tertiary alicyclic amines) is 1. The van der Waals surface area contributed by atoms with Crippen LogP contribution in [0, 0.1) is 5.92 Å². The van der Waals surface area contributed by atoms with Gasteiger partial charge in [0.2, 0.25) is 11.8 Å². The van der Waals surface area contributed by atoms with Gasteiger partial charge in [-0.05, 0) is 18.9 Å². The minimum atomic E-state index is -0.671. The molecule has 3 unspecified atom stereocenters. The number of hydrogen-bond acceptors (Lipinski definition) is 8. The molecule has 10 heteroatoms. The molecule has 0 aromatic carbocycles. The van der Waals surface area contributed by atoms with E-state index in [1.807, 2.05) is 6.92 Å². The first-order chi connectivity index (χ1) is 15.9. The molecule has 0 radical (unpaired) electrons.